The SMILES string of the molecule is CCC1(C)CNc2c1ccc(Br)c2C. The molecule has 0 spiro atoms. The van der Waals surface area contributed by atoms with Crippen LogP contribution in [0.15, 0.2) is 16.6 Å². The summed E-state index contributed by atoms with van der Waals surface area (Å²) in [5.74, 6) is 0. The first-order chi connectivity index (χ1) is 6.58. The van der Waals surface area contributed by atoms with Gasteiger partial charge in [0.05, 0.1) is 0 Å². The van der Waals surface area contributed by atoms with Crippen LogP contribution in [-0.2, 0) is 5.41 Å². The summed E-state index contributed by atoms with van der Waals surface area (Å²) in [5.41, 5.74) is 4.46. The first kappa shape index (κ1) is 10.0. The van der Waals surface area contributed by atoms with Crippen molar-refractivity contribution in [2.45, 2.75) is 32.6 Å². The van der Waals surface area contributed by atoms with Crippen LogP contribution in [-0.4, -0.2) is 6.54 Å². The van der Waals surface area contributed by atoms with E-state index in [4.69, 9.17) is 0 Å². The Morgan fingerprint density at radius 2 is 2.21 bits per heavy atom. The van der Waals surface area contributed by atoms with Crippen molar-refractivity contribution in [3.05, 3.63) is 27.7 Å². The molecule has 1 atom stereocenters. The van der Waals surface area contributed by atoms with Crippen LogP contribution in [0.3, 0.4) is 0 Å². The molecule has 1 aliphatic rings. The quantitative estimate of drug-likeness (QED) is 0.802. The Labute approximate surface area is 94.0 Å². The molecule has 0 saturated carbocycles. The molecule has 14 heavy (non-hydrogen) atoms. The zero-order valence-electron chi connectivity index (χ0n) is 8.95. The second-order valence-electron chi connectivity index (χ2n) is 4.36. The minimum absolute atomic E-state index is 0.320. The first-order valence-corrected chi connectivity index (χ1v) is 5.91. The molecule has 2 heteroatoms. The van der Waals surface area contributed by atoms with E-state index in [-0.39, 0.29) is 0 Å². The van der Waals surface area contributed by atoms with Gasteiger partial charge in [0.15, 0.2) is 0 Å². The van der Waals surface area contributed by atoms with Gasteiger partial charge < -0.3 is 5.32 Å². The van der Waals surface area contributed by atoms with E-state index in [0.29, 0.717) is 5.41 Å². The zero-order chi connectivity index (χ0) is 10.3. The van der Waals surface area contributed by atoms with Crippen LogP contribution < -0.4 is 5.32 Å². The van der Waals surface area contributed by atoms with Crippen molar-refractivity contribution in [1.29, 1.82) is 0 Å². The van der Waals surface area contributed by atoms with Crippen LogP contribution in [0.1, 0.15) is 31.4 Å². The topological polar surface area (TPSA) is 12.0 Å². The molecule has 0 saturated heterocycles. The molecule has 1 nitrogen and oxygen atoms in total. The van der Waals surface area contributed by atoms with Gasteiger partial charge in [0, 0.05) is 22.1 Å². The monoisotopic (exact) mass is 253 g/mol. The summed E-state index contributed by atoms with van der Waals surface area (Å²) in [7, 11) is 0. The van der Waals surface area contributed by atoms with Crippen molar-refractivity contribution < 1.29 is 0 Å². The Balaban J connectivity index is 2.58. The highest BCUT2D eigenvalue weighted by Gasteiger charge is 2.33. The third-order valence-corrected chi connectivity index (χ3v) is 4.34. The van der Waals surface area contributed by atoms with E-state index in [1.807, 2.05) is 0 Å². The van der Waals surface area contributed by atoms with E-state index in [2.05, 4.69) is 54.2 Å². The second kappa shape index (κ2) is 3.27. The van der Waals surface area contributed by atoms with Crippen molar-refractivity contribution in [2.24, 2.45) is 0 Å². The number of halogens is 1. The number of hydrogen-bond acceptors (Lipinski definition) is 1. The fraction of sp³-hybridized carbons (Fsp3) is 0.500. The van der Waals surface area contributed by atoms with Gasteiger partial charge in [-0.3, -0.25) is 0 Å². The molecule has 1 aromatic carbocycles. The van der Waals surface area contributed by atoms with Gasteiger partial charge in [0.25, 0.3) is 0 Å². The molecule has 1 N–H and O–H groups in total. The van der Waals surface area contributed by atoms with Crippen LogP contribution in [0, 0.1) is 6.92 Å². The zero-order valence-corrected chi connectivity index (χ0v) is 10.5. The van der Waals surface area contributed by atoms with E-state index < -0.39 is 0 Å². The van der Waals surface area contributed by atoms with Crippen LogP contribution in [0.5, 0.6) is 0 Å². The van der Waals surface area contributed by atoms with Gasteiger partial charge in [0.2, 0.25) is 0 Å². The molecule has 0 amide bonds. The third kappa shape index (κ3) is 1.28. The van der Waals surface area contributed by atoms with Crippen LogP contribution in [0.4, 0.5) is 5.69 Å². The normalized spacial score (nSPS) is 24.6. The van der Waals surface area contributed by atoms with Crippen molar-refractivity contribution >= 4 is 21.6 Å². The Morgan fingerprint density at radius 1 is 1.50 bits per heavy atom. The maximum atomic E-state index is 3.57. The maximum absolute atomic E-state index is 3.57. The fourth-order valence-electron chi connectivity index (χ4n) is 2.11. The summed E-state index contributed by atoms with van der Waals surface area (Å²) in [4.78, 5) is 0. The van der Waals surface area contributed by atoms with Crippen LogP contribution in [0.2, 0.25) is 0 Å². The Hall–Kier alpha value is -0.500. The predicted octanol–water partition coefficient (Wildman–Crippen LogP) is 3.85. The molecule has 0 aromatic heterocycles. The van der Waals surface area contributed by atoms with Gasteiger partial charge in [-0.1, -0.05) is 35.8 Å². The summed E-state index contributed by atoms with van der Waals surface area (Å²) >= 11 is 3.57. The van der Waals surface area contributed by atoms with E-state index >= 15 is 0 Å². The molecule has 76 valence electrons. The molecule has 1 aliphatic heterocycles. The van der Waals surface area contributed by atoms with E-state index in [0.717, 1.165) is 6.54 Å². The fourth-order valence-corrected chi connectivity index (χ4v) is 2.44. The molecule has 0 bridgehead atoms. The van der Waals surface area contributed by atoms with Crippen molar-refractivity contribution in [3.8, 4) is 0 Å². The van der Waals surface area contributed by atoms with Gasteiger partial charge in [-0.15, -0.1) is 0 Å². The lowest BCUT2D eigenvalue weighted by molar-refractivity contribution is 0.504. The number of nitrogens with one attached hydrogen (secondary N) is 1. The summed E-state index contributed by atoms with van der Waals surface area (Å²) < 4.78 is 1.20. The molecular formula is C12H16BrN. The average Bonchev–Trinajstić information content (AvgIpc) is 2.52. The van der Waals surface area contributed by atoms with Gasteiger partial charge in [-0.05, 0) is 30.5 Å². The molecule has 0 fully saturated rings. The number of hydrogen-bond donors (Lipinski definition) is 1. The number of fused-ring (bicyclic) bond motifs is 1. The number of rotatable bonds is 1. The molecule has 1 unspecified atom stereocenters. The predicted molar refractivity (Wildman–Crippen MR) is 65.0 cm³/mol. The largest absolute Gasteiger partial charge is 0.384 e. The number of benzene rings is 1. The third-order valence-electron chi connectivity index (χ3n) is 3.48. The van der Waals surface area contributed by atoms with Gasteiger partial charge in [-0.2, -0.15) is 0 Å². The van der Waals surface area contributed by atoms with Crippen LogP contribution >= 0.6 is 15.9 Å². The smallest absolute Gasteiger partial charge is 0.0420 e. The summed E-state index contributed by atoms with van der Waals surface area (Å²) in [6, 6.07) is 4.41. The standard InChI is InChI=1S/C12H16BrN/c1-4-12(3)7-14-11-8(2)10(13)6-5-9(11)12/h5-6,14H,4,7H2,1-3H3. The molecule has 0 aliphatic carbocycles. The highest BCUT2D eigenvalue weighted by atomic mass is 79.9. The molecule has 2 rings (SSSR count). The van der Waals surface area contributed by atoms with E-state index in [1.165, 1.54) is 27.7 Å². The van der Waals surface area contributed by atoms with Crippen molar-refractivity contribution in [3.63, 3.8) is 0 Å². The molecular weight excluding hydrogens is 238 g/mol. The van der Waals surface area contributed by atoms with Crippen molar-refractivity contribution in [1.82, 2.24) is 0 Å². The van der Waals surface area contributed by atoms with Gasteiger partial charge in [-0.25, -0.2) is 0 Å². The van der Waals surface area contributed by atoms with E-state index in [9.17, 15) is 0 Å². The Kier molecular flexibility index (Phi) is 2.34. The first-order valence-electron chi connectivity index (χ1n) is 5.12. The lowest BCUT2D eigenvalue weighted by Crippen LogP contribution is -2.22. The molecule has 1 heterocycles. The number of anilines is 1. The Morgan fingerprint density at radius 3 is 2.86 bits per heavy atom. The summed E-state index contributed by atoms with van der Waals surface area (Å²) in [6.45, 7) is 7.82. The second-order valence-corrected chi connectivity index (χ2v) is 5.22. The summed E-state index contributed by atoms with van der Waals surface area (Å²) in [5, 5.41) is 3.52. The molecule has 1 aromatic rings. The Bertz CT molecular complexity index is 373. The van der Waals surface area contributed by atoms with Crippen molar-refractivity contribution in [2.75, 3.05) is 11.9 Å². The highest BCUT2D eigenvalue weighted by molar-refractivity contribution is 9.10. The maximum Gasteiger partial charge on any atom is 0.0420 e. The van der Waals surface area contributed by atoms with E-state index in [1.54, 1.807) is 0 Å². The lowest BCUT2D eigenvalue weighted by atomic mass is 9.82. The average molecular weight is 254 g/mol. The highest BCUT2D eigenvalue weighted by Crippen LogP contribution is 2.42. The minimum atomic E-state index is 0.320. The van der Waals surface area contributed by atoms with Crippen LogP contribution in [0.25, 0.3) is 0 Å². The summed E-state index contributed by atoms with van der Waals surface area (Å²) in [6.07, 6.45) is 1.19. The molecule has 0 radical (unpaired) electrons. The minimum Gasteiger partial charge on any atom is -0.384 e. The van der Waals surface area contributed by atoms with Gasteiger partial charge >= 0.3 is 0 Å². The lowest BCUT2D eigenvalue weighted by Gasteiger charge is -2.21. The van der Waals surface area contributed by atoms with Gasteiger partial charge in [0.1, 0.15) is 0 Å².